The quantitative estimate of drug-likeness (QED) is 0.819. The zero-order valence-corrected chi connectivity index (χ0v) is 14.5. The highest BCUT2D eigenvalue weighted by Gasteiger charge is 2.33. The van der Waals surface area contributed by atoms with E-state index in [9.17, 15) is 0 Å². The van der Waals surface area contributed by atoms with Crippen LogP contribution in [0.25, 0.3) is 10.6 Å². The van der Waals surface area contributed by atoms with Crippen LogP contribution < -0.4 is 5.73 Å². The Bertz CT molecular complexity index is 629. The molecule has 0 bridgehead atoms. The number of rotatable bonds is 3. The average Bonchev–Trinajstić information content (AvgIpc) is 2.82. The van der Waals surface area contributed by atoms with Crippen LogP contribution in [0.4, 0.5) is 0 Å². The second-order valence-electron chi connectivity index (χ2n) is 6.44. The van der Waals surface area contributed by atoms with Gasteiger partial charge < -0.3 is 5.73 Å². The average molecular weight is 319 g/mol. The SMILES string of the molecule is CCSc1ccc(-c2nc3c(s2)C(N)CC(C)(C)C3)cc1. The Hall–Kier alpha value is -0.840. The van der Waals surface area contributed by atoms with Crippen LogP contribution in [-0.4, -0.2) is 10.7 Å². The highest BCUT2D eigenvalue weighted by atomic mass is 32.2. The van der Waals surface area contributed by atoms with Crippen molar-refractivity contribution in [3.8, 4) is 10.6 Å². The van der Waals surface area contributed by atoms with Crippen molar-refractivity contribution < 1.29 is 0 Å². The molecule has 0 saturated heterocycles. The molecule has 21 heavy (non-hydrogen) atoms. The van der Waals surface area contributed by atoms with Gasteiger partial charge in [-0.2, -0.15) is 0 Å². The molecule has 0 spiro atoms. The molecule has 1 heterocycles. The highest BCUT2D eigenvalue weighted by Crippen LogP contribution is 2.43. The van der Waals surface area contributed by atoms with Crippen molar-refractivity contribution in [1.82, 2.24) is 4.98 Å². The topological polar surface area (TPSA) is 38.9 Å². The number of hydrogen-bond donors (Lipinski definition) is 1. The van der Waals surface area contributed by atoms with Gasteiger partial charge in [-0.15, -0.1) is 23.1 Å². The number of fused-ring (bicyclic) bond motifs is 1. The molecule has 3 rings (SSSR count). The second kappa shape index (κ2) is 5.75. The minimum Gasteiger partial charge on any atom is -0.323 e. The lowest BCUT2D eigenvalue weighted by molar-refractivity contribution is 0.282. The van der Waals surface area contributed by atoms with Crippen molar-refractivity contribution in [3.63, 3.8) is 0 Å². The molecule has 2 nitrogen and oxygen atoms in total. The lowest BCUT2D eigenvalue weighted by atomic mass is 9.77. The maximum atomic E-state index is 6.34. The predicted molar refractivity (Wildman–Crippen MR) is 93.0 cm³/mol. The van der Waals surface area contributed by atoms with Crippen molar-refractivity contribution >= 4 is 23.1 Å². The molecular weight excluding hydrogens is 296 g/mol. The predicted octanol–water partition coefficient (Wildman–Crippen LogP) is 4.89. The van der Waals surface area contributed by atoms with Crippen LogP contribution in [0.5, 0.6) is 0 Å². The Balaban J connectivity index is 1.91. The van der Waals surface area contributed by atoms with Gasteiger partial charge in [-0.3, -0.25) is 0 Å². The van der Waals surface area contributed by atoms with Crippen molar-refractivity contribution in [2.75, 3.05) is 5.75 Å². The summed E-state index contributed by atoms with van der Waals surface area (Å²) in [5.41, 5.74) is 9.03. The molecule has 1 aromatic carbocycles. The number of thioether (sulfide) groups is 1. The standard InChI is InChI=1S/C17H22N2S2/c1-4-20-12-7-5-11(6-8-12)16-19-14-10-17(2,3)9-13(18)15(14)21-16/h5-8,13H,4,9-10,18H2,1-3H3. The fourth-order valence-corrected chi connectivity index (χ4v) is 4.73. The van der Waals surface area contributed by atoms with Gasteiger partial charge in [-0.1, -0.05) is 32.9 Å². The minimum absolute atomic E-state index is 0.143. The fraction of sp³-hybridized carbons (Fsp3) is 0.471. The summed E-state index contributed by atoms with van der Waals surface area (Å²) in [6, 6.07) is 8.88. The van der Waals surface area contributed by atoms with E-state index in [2.05, 4.69) is 45.0 Å². The molecule has 0 amide bonds. The van der Waals surface area contributed by atoms with Crippen LogP contribution >= 0.6 is 23.1 Å². The molecule has 0 fully saturated rings. The number of hydrogen-bond acceptors (Lipinski definition) is 4. The zero-order chi connectivity index (χ0) is 15.0. The summed E-state index contributed by atoms with van der Waals surface area (Å²) in [6.07, 6.45) is 2.09. The Morgan fingerprint density at radius 3 is 2.71 bits per heavy atom. The molecule has 1 aliphatic carbocycles. The molecule has 112 valence electrons. The first-order valence-electron chi connectivity index (χ1n) is 7.47. The molecule has 1 aliphatic rings. The van der Waals surface area contributed by atoms with Crippen LogP contribution in [0.1, 0.15) is 43.8 Å². The smallest absolute Gasteiger partial charge is 0.123 e. The molecule has 2 aromatic rings. The van der Waals surface area contributed by atoms with E-state index < -0.39 is 0 Å². The maximum absolute atomic E-state index is 6.34. The van der Waals surface area contributed by atoms with Gasteiger partial charge in [0.25, 0.3) is 0 Å². The van der Waals surface area contributed by atoms with Gasteiger partial charge in [-0.25, -0.2) is 4.98 Å². The van der Waals surface area contributed by atoms with Crippen LogP contribution in [0.15, 0.2) is 29.2 Å². The van der Waals surface area contributed by atoms with Gasteiger partial charge in [0.2, 0.25) is 0 Å². The van der Waals surface area contributed by atoms with Crippen LogP contribution in [-0.2, 0) is 6.42 Å². The van der Waals surface area contributed by atoms with E-state index in [0.717, 1.165) is 23.6 Å². The summed E-state index contributed by atoms with van der Waals surface area (Å²) in [5, 5.41) is 1.11. The van der Waals surface area contributed by atoms with Gasteiger partial charge in [0, 0.05) is 21.4 Å². The molecule has 0 aliphatic heterocycles. The largest absolute Gasteiger partial charge is 0.323 e. The van der Waals surface area contributed by atoms with E-state index in [1.807, 2.05) is 11.8 Å². The van der Waals surface area contributed by atoms with E-state index in [0.29, 0.717) is 0 Å². The Morgan fingerprint density at radius 1 is 1.33 bits per heavy atom. The van der Waals surface area contributed by atoms with Crippen molar-refractivity contribution in [2.45, 2.75) is 44.6 Å². The summed E-state index contributed by atoms with van der Waals surface area (Å²) >= 11 is 3.64. The Morgan fingerprint density at radius 2 is 2.05 bits per heavy atom. The summed E-state index contributed by atoms with van der Waals surface area (Å²) in [7, 11) is 0. The maximum Gasteiger partial charge on any atom is 0.123 e. The lowest BCUT2D eigenvalue weighted by Gasteiger charge is -2.32. The summed E-state index contributed by atoms with van der Waals surface area (Å²) in [5.74, 6) is 1.11. The monoisotopic (exact) mass is 318 g/mol. The van der Waals surface area contributed by atoms with E-state index in [-0.39, 0.29) is 11.5 Å². The number of benzene rings is 1. The lowest BCUT2D eigenvalue weighted by Crippen LogP contribution is -2.28. The van der Waals surface area contributed by atoms with Gasteiger partial charge in [0.15, 0.2) is 0 Å². The second-order valence-corrected chi connectivity index (χ2v) is 8.81. The number of nitrogens with two attached hydrogens (primary N) is 1. The number of thiazole rings is 1. The van der Waals surface area contributed by atoms with Crippen molar-refractivity contribution in [2.24, 2.45) is 11.1 Å². The molecule has 1 aromatic heterocycles. The van der Waals surface area contributed by atoms with Crippen LogP contribution in [0, 0.1) is 5.41 Å². The first-order valence-corrected chi connectivity index (χ1v) is 9.27. The number of aromatic nitrogens is 1. The number of nitrogens with zero attached hydrogens (tertiary/aromatic N) is 1. The third kappa shape index (κ3) is 3.17. The third-order valence-electron chi connectivity index (χ3n) is 3.90. The zero-order valence-electron chi connectivity index (χ0n) is 12.8. The molecule has 1 unspecified atom stereocenters. The molecule has 0 radical (unpaired) electrons. The van der Waals surface area contributed by atoms with Crippen molar-refractivity contribution in [3.05, 3.63) is 34.8 Å². The summed E-state index contributed by atoms with van der Waals surface area (Å²) < 4.78 is 0. The Labute approximate surface area is 135 Å². The van der Waals surface area contributed by atoms with Gasteiger partial charge in [-0.05, 0) is 36.1 Å². The summed E-state index contributed by atoms with van der Waals surface area (Å²) in [4.78, 5) is 7.48. The van der Waals surface area contributed by atoms with Crippen LogP contribution in [0.3, 0.4) is 0 Å². The Kier molecular flexibility index (Phi) is 4.12. The van der Waals surface area contributed by atoms with Gasteiger partial charge in [0.05, 0.1) is 5.69 Å². The van der Waals surface area contributed by atoms with E-state index in [1.165, 1.54) is 21.0 Å². The highest BCUT2D eigenvalue weighted by molar-refractivity contribution is 7.99. The third-order valence-corrected chi connectivity index (χ3v) is 6.07. The molecular formula is C17H22N2S2. The molecule has 1 atom stereocenters. The van der Waals surface area contributed by atoms with Gasteiger partial charge >= 0.3 is 0 Å². The van der Waals surface area contributed by atoms with E-state index >= 15 is 0 Å². The first-order chi connectivity index (χ1) is 9.98. The van der Waals surface area contributed by atoms with E-state index in [1.54, 1.807) is 11.3 Å². The summed E-state index contributed by atoms with van der Waals surface area (Å²) in [6.45, 7) is 6.74. The fourth-order valence-electron chi connectivity index (χ4n) is 2.98. The molecule has 4 heteroatoms. The normalized spacial score (nSPS) is 20.3. The van der Waals surface area contributed by atoms with Gasteiger partial charge in [0.1, 0.15) is 5.01 Å². The molecule has 0 saturated carbocycles. The van der Waals surface area contributed by atoms with Crippen LogP contribution in [0.2, 0.25) is 0 Å². The van der Waals surface area contributed by atoms with Crippen molar-refractivity contribution in [1.29, 1.82) is 0 Å². The molecule has 2 N–H and O–H groups in total. The minimum atomic E-state index is 0.143. The first kappa shape index (κ1) is 15.1. The van der Waals surface area contributed by atoms with E-state index in [4.69, 9.17) is 10.7 Å².